The molecule has 3 heteroatoms. The number of nitrogens with zero attached hydrogens (tertiary/aromatic N) is 2. The van der Waals surface area contributed by atoms with Crippen LogP contribution in [0.15, 0.2) is 42.6 Å². The Hall–Kier alpha value is -2.03. The van der Waals surface area contributed by atoms with Gasteiger partial charge in [0.2, 0.25) is 0 Å². The van der Waals surface area contributed by atoms with Gasteiger partial charge >= 0.3 is 0 Å². The lowest BCUT2D eigenvalue weighted by Gasteiger charge is -2.19. The van der Waals surface area contributed by atoms with Gasteiger partial charge in [0.05, 0.1) is 11.9 Å². The van der Waals surface area contributed by atoms with Crippen molar-refractivity contribution in [1.29, 1.82) is 0 Å². The molecule has 1 aromatic heterocycles. The highest BCUT2D eigenvalue weighted by Crippen LogP contribution is 2.15. The summed E-state index contributed by atoms with van der Waals surface area (Å²) >= 11 is 0. The van der Waals surface area contributed by atoms with Crippen molar-refractivity contribution in [3.63, 3.8) is 0 Å². The first-order valence-corrected chi connectivity index (χ1v) is 7.24. The number of benzene rings is 1. The molecule has 2 aromatic rings. The summed E-state index contributed by atoms with van der Waals surface area (Å²) in [6.45, 7) is 9.24. The predicted octanol–water partition coefficient (Wildman–Crippen LogP) is 3.85. The van der Waals surface area contributed by atoms with Crippen molar-refractivity contribution in [2.24, 2.45) is 0 Å². The zero-order valence-corrected chi connectivity index (χ0v) is 12.6. The first-order chi connectivity index (χ1) is 9.74. The molecule has 1 heterocycles. The van der Waals surface area contributed by atoms with Crippen LogP contribution in [-0.4, -0.2) is 18.1 Å². The van der Waals surface area contributed by atoms with E-state index in [-0.39, 0.29) is 0 Å². The van der Waals surface area contributed by atoms with Gasteiger partial charge in [-0.05, 0) is 44.0 Å². The molecule has 106 valence electrons. The minimum Gasteiger partial charge on any atom is -0.380 e. The number of nitrogens with one attached hydrogen (secondary N) is 1. The maximum absolute atomic E-state index is 4.52. The smallest absolute Gasteiger partial charge is 0.128 e. The van der Waals surface area contributed by atoms with Gasteiger partial charge in [0, 0.05) is 19.6 Å². The molecular formula is C17H23N3. The number of anilines is 2. The van der Waals surface area contributed by atoms with E-state index in [0.717, 1.165) is 31.1 Å². The lowest BCUT2D eigenvalue weighted by Crippen LogP contribution is -2.22. The van der Waals surface area contributed by atoms with E-state index in [1.54, 1.807) is 0 Å². The Morgan fingerprint density at radius 3 is 2.40 bits per heavy atom. The van der Waals surface area contributed by atoms with Crippen LogP contribution >= 0.6 is 0 Å². The van der Waals surface area contributed by atoms with Crippen LogP contribution < -0.4 is 10.2 Å². The van der Waals surface area contributed by atoms with Gasteiger partial charge in [0.1, 0.15) is 5.82 Å². The van der Waals surface area contributed by atoms with Crippen LogP contribution in [0.2, 0.25) is 0 Å². The number of aromatic nitrogens is 1. The van der Waals surface area contributed by atoms with E-state index in [4.69, 9.17) is 0 Å². The Labute approximate surface area is 121 Å². The lowest BCUT2D eigenvalue weighted by molar-refractivity contribution is 0.846. The first kappa shape index (κ1) is 14.4. The van der Waals surface area contributed by atoms with Crippen LogP contribution in [0.3, 0.4) is 0 Å². The van der Waals surface area contributed by atoms with E-state index in [2.05, 4.69) is 72.4 Å². The third-order valence-electron chi connectivity index (χ3n) is 3.58. The molecule has 2 rings (SSSR count). The summed E-state index contributed by atoms with van der Waals surface area (Å²) in [5.74, 6) is 1.04. The number of aryl methyl sites for hydroxylation is 1. The van der Waals surface area contributed by atoms with E-state index in [9.17, 15) is 0 Å². The van der Waals surface area contributed by atoms with E-state index < -0.39 is 0 Å². The minimum atomic E-state index is 0.832. The van der Waals surface area contributed by atoms with Gasteiger partial charge in [-0.25, -0.2) is 4.98 Å². The fourth-order valence-electron chi connectivity index (χ4n) is 2.23. The van der Waals surface area contributed by atoms with Crippen LogP contribution in [-0.2, 0) is 6.54 Å². The number of hydrogen-bond acceptors (Lipinski definition) is 3. The third kappa shape index (κ3) is 3.50. The molecule has 0 saturated carbocycles. The maximum atomic E-state index is 4.52. The zero-order chi connectivity index (χ0) is 14.4. The summed E-state index contributed by atoms with van der Waals surface area (Å²) in [5.41, 5.74) is 3.69. The Morgan fingerprint density at radius 1 is 1.05 bits per heavy atom. The average molecular weight is 269 g/mol. The lowest BCUT2D eigenvalue weighted by atomic mass is 10.1. The fraction of sp³-hybridized carbons (Fsp3) is 0.353. The number of rotatable bonds is 6. The molecule has 0 saturated heterocycles. The van der Waals surface area contributed by atoms with Gasteiger partial charge in [-0.2, -0.15) is 0 Å². The van der Waals surface area contributed by atoms with Crippen molar-refractivity contribution in [2.45, 2.75) is 27.3 Å². The van der Waals surface area contributed by atoms with Crippen LogP contribution in [0, 0.1) is 6.92 Å². The van der Waals surface area contributed by atoms with Crippen LogP contribution in [0.5, 0.6) is 0 Å². The van der Waals surface area contributed by atoms with Crippen molar-refractivity contribution in [3.8, 4) is 0 Å². The summed E-state index contributed by atoms with van der Waals surface area (Å²) in [6.07, 6.45) is 1.91. The summed E-state index contributed by atoms with van der Waals surface area (Å²) in [4.78, 5) is 6.76. The van der Waals surface area contributed by atoms with Gasteiger partial charge in [-0.3, -0.25) is 0 Å². The van der Waals surface area contributed by atoms with E-state index in [1.807, 2.05) is 6.20 Å². The van der Waals surface area contributed by atoms with Crippen LogP contribution in [0.25, 0.3) is 0 Å². The Bertz CT molecular complexity index is 530. The molecule has 3 nitrogen and oxygen atoms in total. The van der Waals surface area contributed by atoms with Crippen molar-refractivity contribution in [1.82, 2.24) is 4.98 Å². The van der Waals surface area contributed by atoms with E-state index >= 15 is 0 Å². The standard InChI is InChI=1S/C17H23N3/c1-4-20(5-2)17-11-10-16(13-19-17)18-12-15-9-7-6-8-14(15)3/h6-11,13,18H,4-5,12H2,1-3H3. The number of hydrogen-bond donors (Lipinski definition) is 1. The van der Waals surface area contributed by atoms with E-state index in [1.165, 1.54) is 11.1 Å². The Kier molecular flexibility index (Phi) is 4.99. The van der Waals surface area contributed by atoms with Crippen molar-refractivity contribution in [3.05, 3.63) is 53.7 Å². The van der Waals surface area contributed by atoms with Gasteiger partial charge in [-0.1, -0.05) is 24.3 Å². The van der Waals surface area contributed by atoms with Crippen molar-refractivity contribution >= 4 is 11.5 Å². The molecule has 0 aliphatic carbocycles. The highest BCUT2D eigenvalue weighted by molar-refractivity contribution is 5.49. The van der Waals surface area contributed by atoms with Crippen molar-refractivity contribution < 1.29 is 0 Å². The predicted molar refractivity (Wildman–Crippen MR) is 86.3 cm³/mol. The molecule has 0 unspecified atom stereocenters. The van der Waals surface area contributed by atoms with Gasteiger partial charge in [0.25, 0.3) is 0 Å². The Balaban J connectivity index is 1.99. The monoisotopic (exact) mass is 269 g/mol. The largest absolute Gasteiger partial charge is 0.380 e. The van der Waals surface area contributed by atoms with E-state index in [0.29, 0.717) is 0 Å². The highest BCUT2D eigenvalue weighted by Gasteiger charge is 2.03. The molecule has 0 amide bonds. The van der Waals surface area contributed by atoms with Crippen molar-refractivity contribution in [2.75, 3.05) is 23.3 Å². The molecule has 0 aliphatic rings. The summed E-state index contributed by atoms with van der Waals surface area (Å²) in [7, 11) is 0. The molecule has 1 N–H and O–H groups in total. The molecule has 0 atom stereocenters. The zero-order valence-electron chi connectivity index (χ0n) is 12.6. The second-order valence-corrected chi connectivity index (χ2v) is 4.86. The quantitative estimate of drug-likeness (QED) is 0.863. The van der Waals surface area contributed by atoms with Gasteiger partial charge in [-0.15, -0.1) is 0 Å². The minimum absolute atomic E-state index is 0.832. The Morgan fingerprint density at radius 2 is 1.80 bits per heavy atom. The normalized spacial score (nSPS) is 10.3. The van der Waals surface area contributed by atoms with Gasteiger partial charge in [0.15, 0.2) is 0 Å². The average Bonchev–Trinajstić information content (AvgIpc) is 2.49. The molecule has 0 fully saturated rings. The second kappa shape index (κ2) is 6.94. The molecule has 0 bridgehead atoms. The van der Waals surface area contributed by atoms with Gasteiger partial charge < -0.3 is 10.2 Å². The van der Waals surface area contributed by atoms with Crippen LogP contribution in [0.4, 0.5) is 11.5 Å². The summed E-state index contributed by atoms with van der Waals surface area (Å²) in [6, 6.07) is 12.6. The van der Waals surface area contributed by atoms with Crippen LogP contribution in [0.1, 0.15) is 25.0 Å². The summed E-state index contributed by atoms with van der Waals surface area (Å²) in [5, 5.41) is 3.42. The second-order valence-electron chi connectivity index (χ2n) is 4.86. The first-order valence-electron chi connectivity index (χ1n) is 7.24. The fourth-order valence-corrected chi connectivity index (χ4v) is 2.23. The molecule has 1 aromatic carbocycles. The molecular weight excluding hydrogens is 246 g/mol. The maximum Gasteiger partial charge on any atom is 0.128 e. The molecule has 0 radical (unpaired) electrons. The highest BCUT2D eigenvalue weighted by atomic mass is 15.2. The SMILES string of the molecule is CCN(CC)c1ccc(NCc2ccccc2C)cn1. The third-order valence-corrected chi connectivity index (χ3v) is 3.58. The molecule has 20 heavy (non-hydrogen) atoms. The number of pyridine rings is 1. The molecule has 0 aliphatic heterocycles. The summed E-state index contributed by atoms with van der Waals surface area (Å²) < 4.78 is 0. The topological polar surface area (TPSA) is 28.2 Å². The molecule has 0 spiro atoms.